The maximum absolute atomic E-state index is 12.3. The van der Waals surface area contributed by atoms with E-state index in [1.54, 1.807) is 6.56 Å². The molecule has 0 fully saturated rings. The van der Waals surface area contributed by atoms with Crippen LogP contribution in [0.1, 0.15) is 65.5 Å². The molecule has 0 bridgehead atoms. The number of hydrogen-bond donors (Lipinski definition) is 0. The van der Waals surface area contributed by atoms with Gasteiger partial charge in [0, 0.05) is 0 Å². The van der Waals surface area contributed by atoms with Crippen molar-refractivity contribution >= 4 is 0 Å². The maximum Gasteiger partial charge on any atom is -0.0138 e. The second-order valence-electron chi connectivity index (χ2n) is 8.96. The molecule has 1 nitrogen and oxygen atoms in total. The van der Waals surface area contributed by atoms with Crippen LogP contribution in [0.2, 0.25) is 0 Å². The first-order chi connectivity index (χ1) is 12.1. The van der Waals surface area contributed by atoms with E-state index < -0.39 is 0 Å². The standard InChI is InChI=1S/C14H22O.2C5H5.ClH.Zr/c1-13(2,3)10-8-7-9-11(12(10)15)14(4,5)6;2*1-2-4-5-3-1;;/h7-9,15H,1-6H3;2*1-3H,4H2;1H;/q;;;;+2/p-2. The number of para-hydroxylation sites is 1. The van der Waals surface area contributed by atoms with Gasteiger partial charge in [0.2, 0.25) is 0 Å². The summed E-state index contributed by atoms with van der Waals surface area (Å²) in [7, 11) is 0. The summed E-state index contributed by atoms with van der Waals surface area (Å²) in [4.78, 5) is 0. The zero-order valence-corrected chi connectivity index (χ0v) is 20.6. The molecule has 0 spiro atoms. The molecule has 144 valence electrons. The molecule has 0 saturated heterocycles. The van der Waals surface area contributed by atoms with Crippen molar-refractivity contribution in [3.8, 4) is 5.75 Å². The summed E-state index contributed by atoms with van der Waals surface area (Å²) in [5.74, 6) is 0.206. The van der Waals surface area contributed by atoms with E-state index in [4.69, 9.17) is 0 Å². The van der Waals surface area contributed by atoms with Gasteiger partial charge in [-0.25, -0.2) is 0 Å². The third kappa shape index (κ3) is 7.24. The SMILES string of the molecule is C1=CC[C]([Zr+2][C]2=CC=CC2)=C1.CC(C)(C)c1cccc(C(C)(C)C)c1[O-].[Cl-]. The van der Waals surface area contributed by atoms with Crippen LogP contribution < -0.4 is 17.5 Å². The van der Waals surface area contributed by atoms with Gasteiger partial charge in [-0.05, 0) is 10.8 Å². The van der Waals surface area contributed by atoms with E-state index in [9.17, 15) is 5.11 Å². The monoisotopic (exact) mass is 460 g/mol. The maximum atomic E-state index is 12.3. The predicted molar refractivity (Wildman–Crippen MR) is 107 cm³/mol. The van der Waals surface area contributed by atoms with Crippen LogP contribution in [0.3, 0.4) is 0 Å². The molecule has 0 heterocycles. The average Bonchev–Trinajstić information content (AvgIpc) is 3.20. The van der Waals surface area contributed by atoms with Gasteiger partial charge in [0.1, 0.15) is 0 Å². The van der Waals surface area contributed by atoms with Crippen LogP contribution in [-0.4, -0.2) is 0 Å². The van der Waals surface area contributed by atoms with Crippen molar-refractivity contribution < 1.29 is 40.7 Å². The summed E-state index contributed by atoms with van der Waals surface area (Å²) in [5.41, 5.74) is 1.68. The van der Waals surface area contributed by atoms with E-state index in [2.05, 4.69) is 78.0 Å². The number of rotatable bonds is 2. The average molecular weight is 462 g/mol. The Morgan fingerprint density at radius 2 is 1.19 bits per heavy atom. The van der Waals surface area contributed by atoms with Crippen molar-refractivity contribution in [3.05, 3.63) is 72.3 Å². The molecule has 0 N–H and O–H groups in total. The molecular weight excluding hydrogens is 431 g/mol. The second-order valence-corrected chi connectivity index (χ2v) is 12.7. The fourth-order valence-corrected chi connectivity index (χ4v) is 5.98. The summed E-state index contributed by atoms with van der Waals surface area (Å²) in [6.07, 6.45) is 16.0. The van der Waals surface area contributed by atoms with Crippen LogP contribution in [0.25, 0.3) is 0 Å². The zero-order chi connectivity index (χ0) is 19.4. The van der Waals surface area contributed by atoms with Gasteiger partial charge in [0.05, 0.1) is 0 Å². The Morgan fingerprint density at radius 3 is 1.48 bits per heavy atom. The quantitative estimate of drug-likeness (QED) is 0.663. The molecule has 3 heteroatoms. The Hall–Kier alpha value is -0.847. The van der Waals surface area contributed by atoms with Gasteiger partial charge in [-0.3, -0.25) is 0 Å². The van der Waals surface area contributed by atoms with Gasteiger partial charge in [-0.2, -0.15) is 0 Å². The molecule has 0 amide bonds. The Kier molecular flexibility index (Phi) is 9.03. The molecule has 2 aliphatic rings. The molecule has 0 saturated carbocycles. The molecule has 0 radical (unpaired) electrons. The minimum Gasteiger partial charge on any atom is -1.00 e. The molecule has 0 unspecified atom stereocenters. The topological polar surface area (TPSA) is 23.1 Å². The number of hydrogen-bond acceptors (Lipinski definition) is 1. The Bertz CT molecular complexity index is 695. The van der Waals surface area contributed by atoms with E-state index in [1.807, 2.05) is 18.2 Å². The minimum absolute atomic E-state index is 0. The molecule has 1 aromatic carbocycles. The van der Waals surface area contributed by atoms with Gasteiger partial charge in [0.25, 0.3) is 0 Å². The second kappa shape index (κ2) is 10.1. The van der Waals surface area contributed by atoms with Crippen molar-refractivity contribution in [2.75, 3.05) is 0 Å². The predicted octanol–water partition coefficient (Wildman–Crippen LogP) is 3.12. The van der Waals surface area contributed by atoms with Crippen LogP contribution in [-0.2, 0) is 34.1 Å². The first kappa shape index (κ1) is 24.2. The third-order valence-electron chi connectivity index (χ3n) is 4.49. The summed E-state index contributed by atoms with van der Waals surface area (Å²) < 4.78 is 3.45. The van der Waals surface area contributed by atoms with Gasteiger partial charge in [-0.15, -0.1) is 5.75 Å². The largest absolute Gasteiger partial charge is 1.00 e. The van der Waals surface area contributed by atoms with Gasteiger partial charge < -0.3 is 17.5 Å². The van der Waals surface area contributed by atoms with Crippen molar-refractivity contribution in [3.63, 3.8) is 0 Å². The summed E-state index contributed by atoms with van der Waals surface area (Å²) in [5, 5.41) is 12.3. The molecule has 1 aromatic rings. The first-order valence-electron chi connectivity index (χ1n) is 9.38. The Morgan fingerprint density at radius 1 is 0.778 bits per heavy atom. The molecule has 0 aromatic heterocycles. The molecule has 0 aliphatic heterocycles. The molecular formula is C24H31ClOZr. The van der Waals surface area contributed by atoms with Crippen LogP contribution in [0, 0.1) is 0 Å². The third-order valence-corrected chi connectivity index (χ3v) is 7.90. The van der Waals surface area contributed by atoms with Crippen molar-refractivity contribution in [1.82, 2.24) is 0 Å². The Labute approximate surface area is 183 Å². The van der Waals surface area contributed by atoms with E-state index in [-0.39, 0.29) is 52.2 Å². The minimum atomic E-state index is -0.312. The van der Waals surface area contributed by atoms with Crippen LogP contribution in [0.15, 0.2) is 61.2 Å². The van der Waals surface area contributed by atoms with Gasteiger partial charge >= 0.3 is 79.1 Å². The van der Waals surface area contributed by atoms with Gasteiger partial charge in [-0.1, -0.05) is 70.9 Å². The van der Waals surface area contributed by atoms with Crippen molar-refractivity contribution in [1.29, 1.82) is 0 Å². The fraction of sp³-hybridized carbons (Fsp3) is 0.417. The fourth-order valence-electron chi connectivity index (χ4n) is 3.00. The summed E-state index contributed by atoms with van der Waals surface area (Å²) in [6.45, 7) is 12.5. The number of benzene rings is 1. The summed E-state index contributed by atoms with van der Waals surface area (Å²) in [6, 6.07) is 5.87. The number of allylic oxidation sites excluding steroid dienone is 8. The van der Waals surface area contributed by atoms with Crippen molar-refractivity contribution in [2.45, 2.75) is 65.2 Å². The van der Waals surface area contributed by atoms with E-state index >= 15 is 0 Å². The van der Waals surface area contributed by atoms with Crippen LogP contribution in [0.5, 0.6) is 5.75 Å². The number of halogens is 1. The normalized spacial score (nSPS) is 15.3. The van der Waals surface area contributed by atoms with E-state index in [0.717, 1.165) is 11.1 Å². The summed E-state index contributed by atoms with van der Waals surface area (Å²) >= 11 is -0.312. The van der Waals surface area contributed by atoms with Crippen LogP contribution in [0.4, 0.5) is 0 Å². The van der Waals surface area contributed by atoms with E-state index in [0.29, 0.717) is 0 Å². The smallest absolute Gasteiger partial charge is 0.0138 e. The van der Waals surface area contributed by atoms with Crippen molar-refractivity contribution in [2.24, 2.45) is 0 Å². The molecule has 2 aliphatic carbocycles. The Balaban J connectivity index is 0.000000270. The first-order valence-corrected chi connectivity index (χ1v) is 11.8. The molecule has 27 heavy (non-hydrogen) atoms. The molecule has 0 atom stereocenters. The zero-order valence-electron chi connectivity index (χ0n) is 17.4. The van der Waals surface area contributed by atoms with Crippen LogP contribution >= 0.6 is 0 Å². The molecule has 3 rings (SSSR count). The van der Waals surface area contributed by atoms with E-state index in [1.165, 1.54) is 12.8 Å². The van der Waals surface area contributed by atoms with Gasteiger partial charge in [0.15, 0.2) is 0 Å².